The number of hydrogen-bond donors (Lipinski definition) is 4. The lowest BCUT2D eigenvalue weighted by Crippen LogP contribution is -2.30. The van der Waals surface area contributed by atoms with E-state index >= 15 is 0 Å². The first-order valence-electron chi connectivity index (χ1n) is 5.52. The van der Waals surface area contributed by atoms with E-state index in [1.165, 1.54) is 4.21 Å². The zero-order valence-electron chi connectivity index (χ0n) is 9.47. The van der Waals surface area contributed by atoms with Crippen LogP contribution in [0.5, 0.6) is 0 Å². The molecule has 0 aliphatic carbocycles. The molecule has 2 nitrogen and oxygen atoms in total. The van der Waals surface area contributed by atoms with Crippen LogP contribution in [0.25, 0.3) is 0 Å². The van der Waals surface area contributed by atoms with E-state index in [1.807, 2.05) is 18.2 Å². The molecule has 0 unspecified atom stereocenters. The molecule has 0 saturated heterocycles. The predicted molar refractivity (Wildman–Crippen MR) is 85.2 cm³/mol. The molecule has 2 N–H and O–H groups in total. The van der Waals surface area contributed by atoms with Crippen LogP contribution in [0, 0.1) is 0 Å². The van der Waals surface area contributed by atoms with Crippen LogP contribution in [0.15, 0.2) is 60.4 Å². The summed E-state index contributed by atoms with van der Waals surface area (Å²) in [5.41, 5.74) is 0.675. The van der Waals surface area contributed by atoms with E-state index in [0.29, 0.717) is 5.46 Å². The topological polar surface area (TPSA) is 40.5 Å². The molecule has 94 valence electrons. The molecular weight excluding hydrogens is 283 g/mol. The van der Waals surface area contributed by atoms with Crippen LogP contribution >= 0.6 is 33.1 Å². The molecule has 0 radical (unpaired) electrons. The molecule has 0 amide bonds. The molecule has 3 heterocycles. The molecular formula is C12H13BO2S3. The fourth-order valence-corrected chi connectivity index (χ4v) is 7.54. The molecule has 2 aliphatic rings. The van der Waals surface area contributed by atoms with Crippen molar-refractivity contribution in [1.82, 2.24) is 0 Å². The second-order valence-corrected chi connectivity index (χ2v) is 9.31. The van der Waals surface area contributed by atoms with Gasteiger partial charge in [0.05, 0.1) is 0 Å². The van der Waals surface area contributed by atoms with E-state index in [-0.39, 0.29) is 10.9 Å². The minimum absolute atomic E-state index is 0.377. The first-order chi connectivity index (χ1) is 8.75. The van der Waals surface area contributed by atoms with Gasteiger partial charge in [-0.1, -0.05) is 24.3 Å². The smallest absolute Gasteiger partial charge is 0.423 e. The van der Waals surface area contributed by atoms with Crippen LogP contribution in [-0.4, -0.2) is 17.2 Å². The maximum Gasteiger partial charge on any atom is 0.490 e. The molecule has 3 rings (SSSR count). The van der Waals surface area contributed by atoms with Gasteiger partial charge in [0.2, 0.25) is 0 Å². The average molecular weight is 296 g/mol. The highest BCUT2D eigenvalue weighted by atomic mass is 32.2. The van der Waals surface area contributed by atoms with Crippen molar-refractivity contribution in [3.63, 3.8) is 0 Å². The van der Waals surface area contributed by atoms with Gasteiger partial charge in [-0.05, 0) is 27.7 Å². The average Bonchev–Trinajstić information content (AvgIpc) is 3.10. The van der Waals surface area contributed by atoms with Crippen LogP contribution in [0.2, 0.25) is 0 Å². The summed E-state index contributed by atoms with van der Waals surface area (Å²) in [5, 5.41) is 27.7. The molecule has 18 heavy (non-hydrogen) atoms. The summed E-state index contributed by atoms with van der Waals surface area (Å²) < 4.78 is 2.35. The van der Waals surface area contributed by atoms with E-state index < -0.39 is 18.0 Å². The van der Waals surface area contributed by atoms with Crippen LogP contribution < -0.4 is 5.46 Å². The number of hydrogen-bond acceptors (Lipinski definition) is 3. The molecule has 0 bridgehead atoms. The van der Waals surface area contributed by atoms with E-state index in [2.05, 4.69) is 33.8 Å². The summed E-state index contributed by atoms with van der Waals surface area (Å²) >= 11 is 1.71. The van der Waals surface area contributed by atoms with Crippen LogP contribution in [0.1, 0.15) is 0 Å². The minimum atomic E-state index is -1.37. The third-order valence-corrected chi connectivity index (χ3v) is 8.61. The van der Waals surface area contributed by atoms with E-state index in [0.717, 1.165) is 4.21 Å². The Morgan fingerprint density at radius 1 is 0.889 bits per heavy atom. The largest absolute Gasteiger partial charge is 0.490 e. The Hall–Kier alpha value is -0.655. The molecule has 0 atom stereocenters. The third kappa shape index (κ3) is 2.26. The summed E-state index contributed by atoms with van der Waals surface area (Å²) in [6.45, 7) is 0. The summed E-state index contributed by atoms with van der Waals surface area (Å²) in [7, 11) is -2.24. The standard InChI is InChI=1S/C12H13BO2S3/c14-13(15)10-9-11(17-5-1-2-6-17)16-12(10)18-7-3-4-8-18/h1-9,14-15,17-18H. The molecule has 0 fully saturated rings. The predicted octanol–water partition coefficient (Wildman–Crippen LogP) is 2.23. The van der Waals surface area contributed by atoms with Gasteiger partial charge in [0.25, 0.3) is 0 Å². The summed E-state index contributed by atoms with van der Waals surface area (Å²) in [6.07, 6.45) is 8.17. The lowest BCUT2D eigenvalue weighted by Gasteiger charge is -2.10. The van der Waals surface area contributed by atoms with Crippen molar-refractivity contribution < 1.29 is 10.0 Å². The van der Waals surface area contributed by atoms with Crippen molar-refractivity contribution in [2.24, 2.45) is 0 Å². The third-order valence-electron chi connectivity index (χ3n) is 2.70. The maximum atomic E-state index is 9.52. The molecule has 0 saturated carbocycles. The first-order valence-corrected chi connectivity index (χ1v) is 9.30. The molecule has 0 spiro atoms. The lowest BCUT2D eigenvalue weighted by molar-refractivity contribution is 0.425. The molecule has 0 aromatic carbocycles. The Bertz CT molecular complexity index is 548. The Labute approximate surface area is 116 Å². The number of thiol groups is 2. The maximum absolute atomic E-state index is 9.52. The van der Waals surface area contributed by atoms with Crippen molar-refractivity contribution >= 4 is 45.7 Å². The molecule has 6 heteroatoms. The highest BCUT2D eigenvalue weighted by molar-refractivity contribution is 8.25. The van der Waals surface area contributed by atoms with Crippen molar-refractivity contribution in [3.8, 4) is 0 Å². The van der Waals surface area contributed by atoms with Gasteiger partial charge in [-0.2, -0.15) is 21.8 Å². The molecule has 1 aromatic heterocycles. The van der Waals surface area contributed by atoms with Gasteiger partial charge in [-0.25, -0.2) is 0 Å². The first kappa shape index (κ1) is 12.4. The summed E-state index contributed by atoms with van der Waals surface area (Å²) in [6, 6.07) is 1.96. The fourth-order valence-electron chi connectivity index (χ4n) is 1.85. The van der Waals surface area contributed by atoms with Crippen LogP contribution in [0.3, 0.4) is 0 Å². The molecule has 1 aromatic rings. The van der Waals surface area contributed by atoms with Crippen molar-refractivity contribution in [2.45, 2.75) is 8.42 Å². The van der Waals surface area contributed by atoms with Gasteiger partial charge in [-0.15, -0.1) is 11.3 Å². The summed E-state index contributed by atoms with van der Waals surface area (Å²) in [5.74, 6) is 0. The number of thiophene rings is 1. The van der Waals surface area contributed by atoms with Crippen molar-refractivity contribution in [3.05, 3.63) is 52.0 Å². The quantitative estimate of drug-likeness (QED) is 0.510. The van der Waals surface area contributed by atoms with Crippen LogP contribution in [-0.2, 0) is 0 Å². The highest BCUT2D eigenvalue weighted by Gasteiger charge is 2.23. The Balaban J connectivity index is 2.00. The number of allylic oxidation sites excluding steroid dienone is 4. The second kappa shape index (κ2) is 5.15. The zero-order valence-corrected chi connectivity index (χ0v) is 12.1. The normalized spacial score (nSPS) is 20.3. The molecule has 2 aliphatic heterocycles. The monoisotopic (exact) mass is 296 g/mol. The van der Waals surface area contributed by atoms with E-state index in [1.54, 1.807) is 11.3 Å². The van der Waals surface area contributed by atoms with Gasteiger partial charge in [0, 0.05) is 13.9 Å². The Morgan fingerprint density at radius 3 is 2.00 bits per heavy atom. The van der Waals surface area contributed by atoms with Crippen LogP contribution in [0.4, 0.5) is 0 Å². The van der Waals surface area contributed by atoms with Gasteiger partial charge in [0.15, 0.2) is 0 Å². The zero-order chi connectivity index (χ0) is 12.5. The Kier molecular flexibility index (Phi) is 3.54. The highest BCUT2D eigenvalue weighted by Crippen LogP contribution is 2.51. The summed E-state index contributed by atoms with van der Waals surface area (Å²) in [4.78, 5) is 0. The second-order valence-electron chi connectivity index (χ2n) is 3.90. The van der Waals surface area contributed by atoms with Crippen molar-refractivity contribution in [1.29, 1.82) is 0 Å². The Morgan fingerprint density at radius 2 is 1.44 bits per heavy atom. The number of rotatable bonds is 3. The van der Waals surface area contributed by atoms with Gasteiger partial charge < -0.3 is 10.0 Å². The minimum Gasteiger partial charge on any atom is -0.423 e. The van der Waals surface area contributed by atoms with E-state index in [4.69, 9.17) is 0 Å². The SMILES string of the molecule is OB(O)c1cc([SH]2C=CC=C2)sc1[SH]1C=CC=C1. The fraction of sp³-hybridized carbons (Fsp3) is 0. The van der Waals surface area contributed by atoms with Gasteiger partial charge in [-0.3, -0.25) is 0 Å². The van der Waals surface area contributed by atoms with E-state index in [9.17, 15) is 10.0 Å². The lowest BCUT2D eigenvalue weighted by atomic mass is 9.83. The van der Waals surface area contributed by atoms with Gasteiger partial charge in [0.1, 0.15) is 0 Å². The van der Waals surface area contributed by atoms with Crippen molar-refractivity contribution in [2.75, 3.05) is 0 Å². The van der Waals surface area contributed by atoms with Gasteiger partial charge >= 0.3 is 7.12 Å².